The van der Waals surface area contributed by atoms with E-state index in [0.717, 1.165) is 46.8 Å². The minimum Gasteiger partial charge on any atom is -0.484 e. The van der Waals surface area contributed by atoms with E-state index in [1.165, 1.54) is 11.3 Å². The monoisotopic (exact) mass is 568 g/mol. The van der Waals surface area contributed by atoms with Gasteiger partial charge in [-0.1, -0.05) is 64.5 Å². The van der Waals surface area contributed by atoms with Gasteiger partial charge in [-0.05, 0) is 74.6 Å². The number of hydrogen-bond donors (Lipinski definition) is 1. The number of carbonyl (C=O) groups excluding carboxylic acids is 2. The Morgan fingerprint density at radius 2 is 1.74 bits per heavy atom. The molecule has 1 saturated carbocycles. The summed E-state index contributed by atoms with van der Waals surface area (Å²) in [5.41, 5.74) is 2.83. The molecule has 1 unspecified atom stereocenters. The first kappa shape index (κ1) is 26.8. The van der Waals surface area contributed by atoms with Gasteiger partial charge in [0, 0.05) is 17.1 Å². The summed E-state index contributed by atoms with van der Waals surface area (Å²) in [6.45, 7) is 5.74. The zero-order valence-electron chi connectivity index (χ0n) is 19.8. The van der Waals surface area contributed by atoms with Crippen LogP contribution in [-0.4, -0.2) is 35.4 Å². The standard InChI is InChI=1S/C26H31BrCl2N2O3/c1-16-11-21(12-17(2)25(16)27)34-15-24(32)31(14-19-9-10-22(28)23(29)13-19)18(3)26(33)30-20-7-5-4-6-8-20/h9-13,18,20H,4-8,14-15H2,1-3H3,(H,30,33). The van der Waals surface area contributed by atoms with Crippen molar-refractivity contribution in [3.8, 4) is 5.75 Å². The molecular weight excluding hydrogens is 539 g/mol. The van der Waals surface area contributed by atoms with Crippen molar-refractivity contribution in [1.29, 1.82) is 0 Å². The maximum absolute atomic E-state index is 13.3. The number of ether oxygens (including phenoxy) is 1. The molecule has 2 amide bonds. The number of amides is 2. The van der Waals surface area contributed by atoms with E-state index in [1.54, 1.807) is 19.1 Å². The molecule has 184 valence electrons. The highest BCUT2D eigenvalue weighted by Crippen LogP contribution is 2.27. The molecule has 8 heteroatoms. The maximum Gasteiger partial charge on any atom is 0.261 e. The van der Waals surface area contributed by atoms with Crippen LogP contribution in [0.2, 0.25) is 10.0 Å². The summed E-state index contributed by atoms with van der Waals surface area (Å²) < 4.78 is 6.85. The molecule has 5 nitrogen and oxygen atoms in total. The van der Waals surface area contributed by atoms with Crippen molar-refractivity contribution in [2.45, 2.75) is 71.5 Å². The Labute approximate surface area is 220 Å². The van der Waals surface area contributed by atoms with Gasteiger partial charge in [-0.3, -0.25) is 9.59 Å². The highest BCUT2D eigenvalue weighted by atomic mass is 79.9. The van der Waals surface area contributed by atoms with Gasteiger partial charge >= 0.3 is 0 Å². The van der Waals surface area contributed by atoms with Crippen LogP contribution in [0.5, 0.6) is 5.75 Å². The van der Waals surface area contributed by atoms with Gasteiger partial charge in [0.15, 0.2) is 6.61 Å². The highest BCUT2D eigenvalue weighted by Gasteiger charge is 2.28. The summed E-state index contributed by atoms with van der Waals surface area (Å²) in [4.78, 5) is 27.9. The molecule has 0 heterocycles. The Bertz CT molecular complexity index is 1020. The van der Waals surface area contributed by atoms with Crippen molar-refractivity contribution < 1.29 is 14.3 Å². The molecule has 3 rings (SSSR count). The normalized spacial score (nSPS) is 15.0. The van der Waals surface area contributed by atoms with Crippen LogP contribution in [0, 0.1) is 13.8 Å². The summed E-state index contributed by atoms with van der Waals surface area (Å²) in [6.07, 6.45) is 5.39. The molecule has 0 saturated heterocycles. The predicted molar refractivity (Wildman–Crippen MR) is 141 cm³/mol. The third kappa shape index (κ3) is 7.12. The van der Waals surface area contributed by atoms with Crippen LogP contribution >= 0.6 is 39.1 Å². The van der Waals surface area contributed by atoms with Gasteiger partial charge in [-0.2, -0.15) is 0 Å². The van der Waals surface area contributed by atoms with Crippen LogP contribution in [-0.2, 0) is 16.1 Å². The van der Waals surface area contributed by atoms with E-state index < -0.39 is 6.04 Å². The van der Waals surface area contributed by atoms with E-state index in [-0.39, 0.29) is 31.0 Å². The van der Waals surface area contributed by atoms with Gasteiger partial charge in [0.1, 0.15) is 11.8 Å². The third-order valence-corrected chi connectivity index (χ3v) is 8.22. The lowest BCUT2D eigenvalue weighted by atomic mass is 9.95. The average Bonchev–Trinajstić information content (AvgIpc) is 2.81. The SMILES string of the molecule is Cc1cc(OCC(=O)N(Cc2ccc(Cl)c(Cl)c2)C(C)C(=O)NC2CCCCC2)cc(C)c1Br. The largest absolute Gasteiger partial charge is 0.484 e. The molecule has 0 bridgehead atoms. The van der Waals surface area contributed by atoms with E-state index in [2.05, 4.69) is 21.2 Å². The summed E-state index contributed by atoms with van der Waals surface area (Å²) in [7, 11) is 0. The number of halogens is 3. The van der Waals surface area contributed by atoms with E-state index in [9.17, 15) is 9.59 Å². The van der Waals surface area contributed by atoms with Crippen molar-refractivity contribution in [3.05, 3.63) is 61.5 Å². The van der Waals surface area contributed by atoms with E-state index in [1.807, 2.05) is 32.0 Å². The van der Waals surface area contributed by atoms with Crippen LogP contribution in [0.4, 0.5) is 0 Å². The first-order valence-corrected chi connectivity index (χ1v) is 13.1. The minimum absolute atomic E-state index is 0.157. The fourth-order valence-electron chi connectivity index (χ4n) is 4.20. The van der Waals surface area contributed by atoms with Gasteiger partial charge in [0.25, 0.3) is 5.91 Å². The third-order valence-electron chi connectivity index (χ3n) is 6.23. The summed E-state index contributed by atoms with van der Waals surface area (Å²) >= 11 is 15.8. The number of nitrogens with one attached hydrogen (secondary N) is 1. The van der Waals surface area contributed by atoms with E-state index in [4.69, 9.17) is 27.9 Å². The molecule has 1 aliphatic carbocycles. The second-order valence-corrected chi connectivity index (χ2v) is 10.6. The molecule has 1 fully saturated rings. The number of hydrogen-bond acceptors (Lipinski definition) is 3. The van der Waals surface area contributed by atoms with Crippen LogP contribution in [0.1, 0.15) is 55.7 Å². The number of rotatable bonds is 8. The second kappa shape index (κ2) is 12.3. The lowest BCUT2D eigenvalue weighted by Gasteiger charge is -2.31. The summed E-state index contributed by atoms with van der Waals surface area (Å²) in [5.74, 6) is 0.173. The number of nitrogens with zero attached hydrogens (tertiary/aromatic N) is 1. The lowest BCUT2D eigenvalue weighted by Crippen LogP contribution is -2.51. The first-order chi connectivity index (χ1) is 16.2. The Morgan fingerprint density at radius 1 is 1.09 bits per heavy atom. The van der Waals surface area contributed by atoms with Crippen molar-refractivity contribution in [2.75, 3.05) is 6.61 Å². The molecule has 0 aliphatic heterocycles. The Balaban J connectivity index is 1.75. The van der Waals surface area contributed by atoms with Gasteiger partial charge in [-0.25, -0.2) is 0 Å². The Hall–Kier alpha value is -1.76. The predicted octanol–water partition coefficient (Wildman–Crippen LogP) is 6.62. The quantitative estimate of drug-likeness (QED) is 0.389. The molecule has 1 N–H and O–H groups in total. The molecule has 1 atom stereocenters. The van der Waals surface area contributed by atoms with Gasteiger partial charge in [-0.15, -0.1) is 0 Å². The molecule has 2 aromatic rings. The van der Waals surface area contributed by atoms with Crippen molar-refractivity contribution in [3.63, 3.8) is 0 Å². The van der Waals surface area contributed by atoms with Gasteiger partial charge in [0.2, 0.25) is 5.91 Å². The molecule has 0 radical (unpaired) electrons. The van der Waals surface area contributed by atoms with E-state index >= 15 is 0 Å². The van der Waals surface area contributed by atoms with Crippen LogP contribution < -0.4 is 10.1 Å². The fraction of sp³-hybridized carbons (Fsp3) is 0.462. The number of benzene rings is 2. The summed E-state index contributed by atoms with van der Waals surface area (Å²) in [5, 5.41) is 3.98. The smallest absolute Gasteiger partial charge is 0.261 e. The van der Waals surface area contributed by atoms with Crippen LogP contribution in [0.3, 0.4) is 0 Å². The second-order valence-electron chi connectivity index (χ2n) is 8.95. The molecular formula is C26H31BrCl2N2O3. The topological polar surface area (TPSA) is 58.6 Å². The zero-order valence-corrected chi connectivity index (χ0v) is 22.9. The molecule has 2 aromatic carbocycles. The van der Waals surface area contributed by atoms with Gasteiger partial charge in [0.05, 0.1) is 10.0 Å². The first-order valence-electron chi connectivity index (χ1n) is 11.6. The fourth-order valence-corrected chi connectivity index (χ4v) is 4.75. The number of carbonyl (C=O) groups is 2. The molecule has 34 heavy (non-hydrogen) atoms. The molecule has 0 aromatic heterocycles. The zero-order chi connectivity index (χ0) is 24.8. The summed E-state index contributed by atoms with van der Waals surface area (Å²) in [6, 6.07) is 8.48. The highest BCUT2D eigenvalue weighted by molar-refractivity contribution is 9.10. The molecule has 0 spiro atoms. The number of aryl methyl sites for hydroxylation is 2. The van der Waals surface area contributed by atoms with Crippen molar-refractivity contribution >= 4 is 50.9 Å². The van der Waals surface area contributed by atoms with Crippen molar-refractivity contribution in [1.82, 2.24) is 10.2 Å². The lowest BCUT2D eigenvalue weighted by molar-refractivity contribution is -0.142. The van der Waals surface area contributed by atoms with Crippen molar-refractivity contribution in [2.24, 2.45) is 0 Å². The van der Waals surface area contributed by atoms with Crippen LogP contribution in [0.15, 0.2) is 34.8 Å². The van der Waals surface area contributed by atoms with E-state index in [0.29, 0.717) is 15.8 Å². The maximum atomic E-state index is 13.3. The van der Waals surface area contributed by atoms with Gasteiger partial charge < -0.3 is 15.0 Å². The minimum atomic E-state index is -0.666. The molecule has 1 aliphatic rings. The average molecular weight is 570 g/mol. The Morgan fingerprint density at radius 3 is 2.35 bits per heavy atom. The Kier molecular flexibility index (Phi) is 9.69. The van der Waals surface area contributed by atoms with Crippen LogP contribution in [0.25, 0.3) is 0 Å².